The van der Waals surface area contributed by atoms with E-state index in [9.17, 15) is 18.0 Å². The third-order valence-corrected chi connectivity index (χ3v) is 2.29. The van der Waals surface area contributed by atoms with Crippen LogP contribution in [0, 0.1) is 6.92 Å². The van der Waals surface area contributed by atoms with E-state index in [0.29, 0.717) is 5.69 Å². The first-order valence-electron chi connectivity index (χ1n) is 3.88. The Morgan fingerprint density at radius 3 is 2.60 bits per heavy atom. The molecule has 0 radical (unpaired) electrons. The quantitative estimate of drug-likeness (QED) is 0.849. The molecule has 1 N–H and O–H groups in total. The standard InChI is InChI=1S/C8H7BrF3NO2/c1-4-5(2-9)7(14)6(3-13-4)15-8(10,11)12/h3H,2H2,1H3,(H,13,14). The van der Waals surface area contributed by atoms with Gasteiger partial charge in [0.2, 0.25) is 5.43 Å². The molecule has 1 aromatic rings. The van der Waals surface area contributed by atoms with Gasteiger partial charge in [0.15, 0.2) is 5.75 Å². The number of aromatic amines is 1. The highest BCUT2D eigenvalue weighted by Crippen LogP contribution is 2.20. The molecule has 0 saturated carbocycles. The lowest BCUT2D eigenvalue weighted by Crippen LogP contribution is -2.23. The Bertz CT molecular complexity index is 413. The van der Waals surface area contributed by atoms with E-state index in [4.69, 9.17) is 0 Å². The molecule has 0 aliphatic carbocycles. The van der Waals surface area contributed by atoms with Crippen LogP contribution < -0.4 is 10.2 Å². The number of hydrogen-bond acceptors (Lipinski definition) is 2. The van der Waals surface area contributed by atoms with Crippen LogP contribution in [0.5, 0.6) is 5.75 Å². The van der Waals surface area contributed by atoms with Gasteiger partial charge in [-0.2, -0.15) is 0 Å². The second-order valence-corrected chi connectivity index (χ2v) is 3.33. The minimum Gasteiger partial charge on any atom is -0.400 e. The molecule has 84 valence electrons. The van der Waals surface area contributed by atoms with Crippen molar-refractivity contribution < 1.29 is 17.9 Å². The molecule has 0 spiro atoms. The van der Waals surface area contributed by atoms with Crippen molar-refractivity contribution in [3.05, 3.63) is 27.7 Å². The van der Waals surface area contributed by atoms with Gasteiger partial charge in [-0.15, -0.1) is 13.2 Å². The SMILES string of the molecule is Cc1[nH]cc(OC(F)(F)F)c(=O)c1CBr. The molecule has 0 amide bonds. The maximum Gasteiger partial charge on any atom is 0.573 e. The summed E-state index contributed by atoms with van der Waals surface area (Å²) in [5.74, 6) is -0.748. The summed E-state index contributed by atoms with van der Waals surface area (Å²) in [6.45, 7) is 1.59. The number of aromatic nitrogens is 1. The van der Waals surface area contributed by atoms with E-state index in [1.807, 2.05) is 0 Å². The maximum atomic E-state index is 11.9. The second kappa shape index (κ2) is 4.26. The number of pyridine rings is 1. The van der Waals surface area contributed by atoms with Gasteiger partial charge in [0.05, 0.1) is 0 Å². The van der Waals surface area contributed by atoms with Gasteiger partial charge < -0.3 is 9.72 Å². The minimum absolute atomic E-state index is 0.170. The monoisotopic (exact) mass is 285 g/mol. The molecule has 0 aliphatic rings. The van der Waals surface area contributed by atoms with Gasteiger partial charge in [0.25, 0.3) is 0 Å². The predicted molar refractivity (Wildman–Crippen MR) is 51.1 cm³/mol. The molecule has 0 unspecified atom stereocenters. The molecule has 7 heteroatoms. The minimum atomic E-state index is -4.86. The van der Waals surface area contributed by atoms with Crippen LogP contribution in [0.3, 0.4) is 0 Å². The van der Waals surface area contributed by atoms with E-state index < -0.39 is 17.5 Å². The topological polar surface area (TPSA) is 42.1 Å². The van der Waals surface area contributed by atoms with Crippen LogP contribution in [-0.2, 0) is 5.33 Å². The molecule has 1 heterocycles. The summed E-state index contributed by atoms with van der Waals surface area (Å²) in [5, 5.41) is 0.170. The molecule has 3 nitrogen and oxygen atoms in total. The van der Waals surface area contributed by atoms with Crippen molar-refractivity contribution in [1.82, 2.24) is 4.98 Å². The fraction of sp³-hybridized carbons (Fsp3) is 0.375. The molecule has 15 heavy (non-hydrogen) atoms. The largest absolute Gasteiger partial charge is 0.573 e. The molecule has 0 fully saturated rings. The molecule has 0 aliphatic heterocycles. The number of hydrogen-bond donors (Lipinski definition) is 1. The summed E-state index contributed by atoms with van der Waals surface area (Å²) in [5.41, 5.74) is -0.0383. The Morgan fingerprint density at radius 1 is 1.53 bits per heavy atom. The van der Waals surface area contributed by atoms with Crippen molar-refractivity contribution in [2.75, 3.05) is 0 Å². The number of halogens is 4. The first-order chi connectivity index (χ1) is 6.85. The maximum absolute atomic E-state index is 11.9. The highest BCUT2D eigenvalue weighted by Gasteiger charge is 2.32. The number of aryl methyl sites for hydroxylation is 1. The van der Waals surface area contributed by atoms with Crippen molar-refractivity contribution in [1.29, 1.82) is 0 Å². The molecular formula is C8H7BrF3NO2. The lowest BCUT2D eigenvalue weighted by Gasteiger charge is -2.09. The van der Waals surface area contributed by atoms with E-state index in [0.717, 1.165) is 6.20 Å². The molecule has 0 atom stereocenters. The van der Waals surface area contributed by atoms with Crippen LogP contribution >= 0.6 is 15.9 Å². The van der Waals surface area contributed by atoms with Crippen LogP contribution in [0.1, 0.15) is 11.3 Å². The first-order valence-corrected chi connectivity index (χ1v) is 5.00. The van der Waals surface area contributed by atoms with E-state index in [2.05, 4.69) is 25.7 Å². The zero-order valence-electron chi connectivity index (χ0n) is 7.61. The zero-order chi connectivity index (χ0) is 11.6. The van der Waals surface area contributed by atoms with E-state index >= 15 is 0 Å². The summed E-state index contributed by atoms with van der Waals surface area (Å²) in [7, 11) is 0. The van der Waals surface area contributed by atoms with E-state index in [1.165, 1.54) is 0 Å². The fourth-order valence-corrected chi connectivity index (χ4v) is 1.68. The molecule has 0 saturated heterocycles. The second-order valence-electron chi connectivity index (χ2n) is 2.77. The molecule has 1 aromatic heterocycles. The molecule has 0 aromatic carbocycles. The number of rotatable bonds is 2. The number of H-pyrrole nitrogens is 1. The van der Waals surface area contributed by atoms with Crippen molar-refractivity contribution in [3.63, 3.8) is 0 Å². The first kappa shape index (κ1) is 12.1. The average Bonchev–Trinajstić information content (AvgIpc) is 2.09. The third-order valence-electron chi connectivity index (χ3n) is 1.73. The van der Waals surface area contributed by atoms with Gasteiger partial charge in [-0.3, -0.25) is 4.79 Å². The summed E-state index contributed by atoms with van der Waals surface area (Å²) in [6.07, 6.45) is -3.96. The van der Waals surface area contributed by atoms with Gasteiger partial charge >= 0.3 is 6.36 Å². The van der Waals surface area contributed by atoms with Crippen LogP contribution in [0.4, 0.5) is 13.2 Å². The molecule has 1 rings (SSSR count). The van der Waals surface area contributed by atoms with Crippen molar-refractivity contribution in [2.24, 2.45) is 0 Å². The normalized spacial score (nSPS) is 11.5. The smallest absolute Gasteiger partial charge is 0.400 e. The summed E-state index contributed by atoms with van der Waals surface area (Å²) >= 11 is 3.02. The number of nitrogens with one attached hydrogen (secondary N) is 1. The number of ether oxygens (including phenoxy) is 1. The Balaban J connectivity index is 3.17. The Hall–Kier alpha value is -0.980. The van der Waals surface area contributed by atoms with Gasteiger partial charge in [-0.25, -0.2) is 0 Å². The third kappa shape index (κ3) is 2.98. The van der Waals surface area contributed by atoms with Gasteiger partial charge in [0, 0.05) is 22.8 Å². The van der Waals surface area contributed by atoms with Crippen LogP contribution in [0.15, 0.2) is 11.0 Å². The van der Waals surface area contributed by atoms with Crippen molar-refractivity contribution >= 4 is 15.9 Å². The van der Waals surface area contributed by atoms with Crippen LogP contribution in [0.2, 0.25) is 0 Å². The van der Waals surface area contributed by atoms with Gasteiger partial charge in [-0.1, -0.05) is 15.9 Å². The van der Waals surface area contributed by atoms with Crippen LogP contribution in [0.25, 0.3) is 0 Å². The van der Waals surface area contributed by atoms with Gasteiger partial charge in [-0.05, 0) is 6.92 Å². The lowest BCUT2D eigenvalue weighted by atomic mass is 10.2. The average molecular weight is 286 g/mol. The van der Waals surface area contributed by atoms with Crippen molar-refractivity contribution in [3.8, 4) is 5.75 Å². The summed E-state index contributed by atoms with van der Waals surface area (Å²) in [4.78, 5) is 14.0. The molecular weight excluding hydrogens is 279 g/mol. The highest BCUT2D eigenvalue weighted by atomic mass is 79.9. The van der Waals surface area contributed by atoms with E-state index in [1.54, 1.807) is 6.92 Å². The van der Waals surface area contributed by atoms with E-state index in [-0.39, 0.29) is 10.9 Å². The summed E-state index contributed by atoms with van der Waals surface area (Å²) in [6, 6.07) is 0. The van der Waals surface area contributed by atoms with Gasteiger partial charge in [0.1, 0.15) is 0 Å². The zero-order valence-corrected chi connectivity index (χ0v) is 9.20. The Labute approximate surface area is 91.4 Å². The summed E-state index contributed by atoms with van der Waals surface area (Å²) < 4.78 is 39.2. The fourth-order valence-electron chi connectivity index (χ4n) is 1.01. The Morgan fingerprint density at radius 2 is 2.13 bits per heavy atom. The Kier molecular flexibility index (Phi) is 3.43. The lowest BCUT2D eigenvalue weighted by molar-refractivity contribution is -0.275. The highest BCUT2D eigenvalue weighted by molar-refractivity contribution is 9.08. The predicted octanol–water partition coefficient (Wildman–Crippen LogP) is 2.48. The molecule has 0 bridgehead atoms. The van der Waals surface area contributed by atoms with Crippen molar-refractivity contribution in [2.45, 2.75) is 18.6 Å². The number of alkyl halides is 4. The van der Waals surface area contributed by atoms with Crippen LogP contribution in [-0.4, -0.2) is 11.3 Å².